The van der Waals surface area contributed by atoms with Crippen LogP contribution in [0.15, 0.2) is 29.6 Å². The van der Waals surface area contributed by atoms with Crippen LogP contribution in [0.2, 0.25) is 0 Å². The van der Waals surface area contributed by atoms with E-state index in [0.29, 0.717) is 10.7 Å². The van der Waals surface area contributed by atoms with Crippen molar-refractivity contribution in [3.05, 3.63) is 46.5 Å². The second-order valence-corrected chi connectivity index (χ2v) is 5.25. The molecule has 0 saturated heterocycles. The van der Waals surface area contributed by atoms with Gasteiger partial charge in [0, 0.05) is 10.9 Å². The van der Waals surface area contributed by atoms with Gasteiger partial charge in [-0.3, -0.25) is 9.59 Å². The zero-order valence-electron chi connectivity index (χ0n) is 11.3. The van der Waals surface area contributed by atoms with Crippen LogP contribution in [-0.2, 0) is 4.79 Å². The third-order valence-electron chi connectivity index (χ3n) is 2.56. The van der Waals surface area contributed by atoms with E-state index < -0.39 is 0 Å². The normalized spacial score (nSPS) is 10.1. The Morgan fingerprint density at radius 1 is 1.30 bits per heavy atom. The molecule has 0 spiro atoms. The van der Waals surface area contributed by atoms with Crippen molar-refractivity contribution >= 4 is 28.3 Å². The molecule has 6 heteroatoms. The molecule has 20 heavy (non-hydrogen) atoms. The van der Waals surface area contributed by atoms with E-state index in [2.05, 4.69) is 15.6 Å². The summed E-state index contributed by atoms with van der Waals surface area (Å²) < 4.78 is 0. The highest BCUT2D eigenvalue weighted by molar-refractivity contribution is 7.13. The number of benzene rings is 1. The summed E-state index contributed by atoms with van der Waals surface area (Å²) in [6.45, 7) is 3.69. The highest BCUT2D eigenvalue weighted by atomic mass is 32.1. The minimum Gasteiger partial charge on any atom is -0.343 e. The van der Waals surface area contributed by atoms with E-state index in [1.54, 1.807) is 12.1 Å². The van der Waals surface area contributed by atoms with Gasteiger partial charge in [0.25, 0.3) is 5.91 Å². The van der Waals surface area contributed by atoms with Gasteiger partial charge in [-0.2, -0.15) is 0 Å². The summed E-state index contributed by atoms with van der Waals surface area (Å²) in [5.74, 6) is -0.556. The van der Waals surface area contributed by atoms with Crippen molar-refractivity contribution < 1.29 is 9.59 Å². The topological polar surface area (TPSA) is 71.1 Å². The number of hydrogen-bond acceptors (Lipinski definition) is 4. The fraction of sp³-hybridized carbons (Fsp3) is 0.214. The average molecular weight is 289 g/mol. The van der Waals surface area contributed by atoms with Gasteiger partial charge in [-0.25, -0.2) is 4.98 Å². The smallest absolute Gasteiger partial charge is 0.251 e. The predicted octanol–water partition coefficient (Wildman–Crippen LogP) is 2.13. The van der Waals surface area contributed by atoms with Crippen molar-refractivity contribution in [3.8, 4) is 0 Å². The fourth-order valence-corrected chi connectivity index (χ4v) is 2.33. The standard InChI is InChI=1S/C14H15N3O2S/c1-9-4-3-5-11(6-9)13(19)15-7-12(18)17-14-16-10(2)8-20-14/h3-6,8H,7H2,1-2H3,(H,15,19)(H,16,17,18). The van der Waals surface area contributed by atoms with Gasteiger partial charge >= 0.3 is 0 Å². The molecular formula is C14H15N3O2S. The lowest BCUT2D eigenvalue weighted by Crippen LogP contribution is -2.32. The van der Waals surface area contributed by atoms with E-state index in [1.165, 1.54) is 11.3 Å². The number of hydrogen-bond donors (Lipinski definition) is 2. The summed E-state index contributed by atoms with van der Waals surface area (Å²) in [6, 6.07) is 7.21. The number of carbonyl (C=O) groups excluding carboxylic acids is 2. The number of rotatable bonds is 4. The Bertz CT molecular complexity index is 637. The second-order valence-electron chi connectivity index (χ2n) is 4.39. The zero-order chi connectivity index (χ0) is 14.5. The Balaban J connectivity index is 1.85. The van der Waals surface area contributed by atoms with Crippen molar-refractivity contribution in [1.82, 2.24) is 10.3 Å². The molecular weight excluding hydrogens is 274 g/mol. The molecule has 0 aliphatic rings. The molecule has 0 bridgehead atoms. The lowest BCUT2D eigenvalue weighted by Gasteiger charge is -2.05. The van der Waals surface area contributed by atoms with Crippen LogP contribution in [0.1, 0.15) is 21.6 Å². The van der Waals surface area contributed by atoms with Crippen molar-refractivity contribution in [2.75, 3.05) is 11.9 Å². The highest BCUT2D eigenvalue weighted by Gasteiger charge is 2.09. The monoisotopic (exact) mass is 289 g/mol. The maximum absolute atomic E-state index is 11.9. The molecule has 1 aromatic carbocycles. The molecule has 2 N–H and O–H groups in total. The number of nitrogens with zero attached hydrogens (tertiary/aromatic N) is 1. The van der Waals surface area contributed by atoms with E-state index in [1.807, 2.05) is 31.4 Å². The molecule has 2 rings (SSSR count). The molecule has 0 radical (unpaired) electrons. The van der Waals surface area contributed by atoms with Crippen molar-refractivity contribution in [2.24, 2.45) is 0 Å². The van der Waals surface area contributed by atoms with Crippen LogP contribution in [-0.4, -0.2) is 23.3 Å². The average Bonchev–Trinajstić information content (AvgIpc) is 2.81. The third kappa shape index (κ3) is 3.89. The quantitative estimate of drug-likeness (QED) is 0.905. The summed E-state index contributed by atoms with van der Waals surface area (Å²) in [7, 11) is 0. The molecule has 0 aliphatic carbocycles. The first-order chi connectivity index (χ1) is 9.54. The Kier molecular flexibility index (Phi) is 4.47. The van der Waals surface area contributed by atoms with Gasteiger partial charge in [-0.15, -0.1) is 11.3 Å². The van der Waals surface area contributed by atoms with Gasteiger partial charge in [0.15, 0.2) is 5.13 Å². The molecule has 0 atom stereocenters. The van der Waals surface area contributed by atoms with Gasteiger partial charge in [0.1, 0.15) is 0 Å². The molecule has 2 amide bonds. The molecule has 0 aliphatic heterocycles. The molecule has 0 fully saturated rings. The fourth-order valence-electron chi connectivity index (χ4n) is 1.62. The Morgan fingerprint density at radius 3 is 2.75 bits per heavy atom. The van der Waals surface area contributed by atoms with Crippen LogP contribution in [0, 0.1) is 13.8 Å². The third-order valence-corrected chi connectivity index (χ3v) is 3.43. The number of carbonyl (C=O) groups is 2. The summed E-state index contributed by atoms with van der Waals surface area (Å²) >= 11 is 1.35. The van der Waals surface area contributed by atoms with Crippen LogP contribution in [0.25, 0.3) is 0 Å². The predicted molar refractivity (Wildman–Crippen MR) is 79.0 cm³/mol. The molecule has 104 valence electrons. The first-order valence-electron chi connectivity index (χ1n) is 6.11. The van der Waals surface area contributed by atoms with Gasteiger partial charge in [0.2, 0.25) is 5.91 Å². The van der Waals surface area contributed by atoms with E-state index in [9.17, 15) is 9.59 Å². The van der Waals surface area contributed by atoms with Crippen LogP contribution in [0.5, 0.6) is 0 Å². The Labute approximate surface area is 121 Å². The van der Waals surface area contributed by atoms with Gasteiger partial charge in [0.05, 0.1) is 12.2 Å². The van der Waals surface area contributed by atoms with Crippen molar-refractivity contribution in [3.63, 3.8) is 0 Å². The number of nitrogens with one attached hydrogen (secondary N) is 2. The maximum atomic E-state index is 11.9. The van der Waals surface area contributed by atoms with E-state index in [0.717, 1.165) is 11.3 Å². The maximum Gasteiger partial charge on any atom is 0.251 e. The molecule has 1 heterocycles. The lowest BCUT2D eigenvalue weighted by atomic mass is 10.1. The van der Waals surface area contributed by atoms with Crippen LogP contribution < -0.4 is 10.6 Å². The van der Waals surface area contributed by atoms with Crippen LogP contribution in [0.4, 0.5) is 5.13 Å². The van der Waals surface area contributed by atoms with E-state index >= 15 is 0 Å². The zero-order valence-corrected chi connectivity index (χ0v) is 12.1. The highest BCUT2D eigenvalue weighted by Crippen LogP contribution is 2.13. The van der Waals surface area contributed by atoms with Gasteiger partial charge in [-0.1, -0.05) is 17.7 Å². The lowest BCUT2D eigenvalue weighted by molar-refractivity contribution is -0.115. The largest absolute Gasteiger partial charge is 0.343 e. The molecule has 2 aromatic rings. The number of aromatic nitrogens is 1. The molecule has 5 nitrogen and oxygen atoms in total. The SMILES string of the molecule is Cc1cccc(C(=O)NCC(=O)Nc2nc(C)cs2)c1. The first-order valence-corrected chi connectivity index (χ1v) is 6.99. The summed E-state index contributed by atoms with van der Waals surface area (Å²) in [5.41, 5.74) is 2.40. The minimum absolute atomic E-state index is 0.0780. The van der Waals surface area contributed by atoms with E-state index in [4.69, 9.17) is 0 Å². The molecule has 0 saturated carbocycles. The molecule has 1 aromatic heterocycles. The number of thiazole rings is 1. The Morgan fingerprint density at radius 2 is 2.10 bits per heavy atom. The molecule has 0 unspecified atom stereocenters. The summed E-state index contributed by atoms with van der Waals surface area (Å²) in [6.07, 6.45) is 0. The van der Waals surface area contributed by atoms with Gasteiger partial charge < -0.3 is 10.6 Å². The first kappa shape index (κ1) is 14.2. The van der Waals surface area contributed by atoms with Crippen molar-refractivity contribution in [2.45, 2.75) is 13.8 Å². The number of anilines is 1. The summed E-state index contributed by atoms with van der Waals surface area (Å²) in [4.78, 5) is 27.6. The van der Waals surface area contributed by atoms with Crippen LogP contribution >= 0.6 is 11.3 Å². The van der Waals surface area contributed by atoms with Gasteiger partial charge in [-0.05, 0) is 26.0 Å². The van der Waals surface area contributed by atoms with Crippen LogP contribution in [0.3, 0.4) is 0 Å². The number of amides is 2. The summed E-state index contributed by atoms with van der Waals surface area (Å²) in [5, 5.41) is 7.60. The second kappa shape index (κ2) is 6.29. The van der Waals surface area contributed by atoms with E-state index in [-0.39, 0.29) is 18.4 Å². The minimum atomic E-state index is -0.291. The van der Waals surface area contributed by atoms with Crippen molar-refractivity contribution in [1.29, 1.82) is 0 Å². The Hall–Kier alpha value is -2.21. The number of aryl methyl sites for hydroxylation is 2.